The SMILES string of the molecule is CN1CCC(NC(=O)N2CC(C(=O)O)C2)C1=O. The number of rotatable bonds is 2. The van der Waals surface area contributed by atoms with Crippen LogP contribution in [0.4, 0.5) is 4.79 Å². The Balaban J connectivity index is 1.79. The predicted octanol–water partition coefficient (Wildman–Crippen LogP) is -1.06. The van der Waals surface area contributed by atoms with E-state index in [0.717, 1.165) is 0 Å². The highest BCUT2D eigenvalue weighted by Gasteiger charge is 2.38. The molecular weight excluding hydrogens is 226 g/mol. The van der Waals surface area contributed by atoms with Crippen LogP contribution in [-0.4, -0.2) is 65.5 Å². The zero-order valence-corrected chi connectivity index (χ0v) is 9.55. The van der Waals surface area contributed by atoms with Crippen molar-refractivity contribution in [2.24, 2.45) is 5.92 Å². The van der Waals surface area contributed by atoms with Crippen molar-refractivity contribution in [1.29, 1.82) is 0 Å². The van der Waals surface area contributed by atoms with Gasteiger partial charge in [-0.3, -0.25) is 9.59 Å². The van der Waals surface area contributed by atoms with Gasteiger partial charge in [0, 0.05) is 26.7 Å². The molecule has 7 heteroatoms. The van der Waals surface area contributed by atoms with E-state index in [9.17, 15) is 14.4 Å². The van der Waals surface area contributed by atoms with Crippen molar-refractivity contribution in [1.82, 2.24) is 15.1 Å². The maximum Gasteiger partial charge on any atom is 0.318 e. The highest BCUT2D eigenvalue weighted by Crippen LogP contribution is 2.16. The van der Waals surface area contributed by atoms with Crippen LogP contribution in [0.1, 0.15) is 6.42 Å². The number of amides is 3. The van der Waals surface area contributed by atoms with E-state index in [4.69, 9.17) is 5.11 Å². The van der Waals surface area contributed by atoms with Gasteiger partial charge in [0.05, 0.1) is 5.92 Å². The molecule has 0 aromatic carbocycles. The lowest BCUT2D eigenvalue weighted by molar-refractivity contribution is -0.146. The van der Waals surface area contributed by atoms with Crippen molar-refractivity contribution in [3.63, 3.8) is 0 Å². The number of carbonyl (C=O) groups excluding carboxylic acids is 2. The van der Waals surface area contributed by atoms with Crippen LogP contribution >= 0.6 is 0 Å². The Labute approximate surface area is 98.4 Å². The molecule has 0 aromatic rings. The first kappa shape index (κ1) is 11.7. The summed E-state index contributed by atoms with van der Waals surface area (Å²) in [5.74, 6) is -1.44. The second kappa shape index (κ2) is 4.23. The Hall–Kier alpha value is -1.79. The summed E-state index contributed by atoms with van der Waals surface area (Å²) in [4.78, 5) is 36.7. The van der Waals surface area contributed by atoms with Gasteiger partial charge >= 0.3 is 12.0 Å². The van der Waals surface area contributed by atoms with Crippen LogP contribution in [-0.2, 0) is 9.59 Å². The van der Waals surface area contributed by atoms with Gasteiger partial charge in [-0.25, -0.2) is 4.79 Å². The molecule has 2 heterocycles. The van der Waals surface area contributed by atoms with Crippen LogP contribution in [0.5, 0.6) is 0 Å². The summed E-state index contributed by atoms with van der Waals surface area (Å²) in [5.41, 5.74) is 0. The lowest BCUT2D eigenvalue weighted by Gasteiger charge is -2.36. The first-order valence-corrected chi connectivity index (χ1v) is 5.52. The molecule has 2 rings (SSSR count). The zero-order chi connectivity index (χ0) is 12.6. The number of hydrogen-bond donors (Lipinski definition) is 2. The van der Waals surface area contributed by atoms with Crippen molar-refractivity contribution in [3.05, 3.63) is 0 Å². The minimum atomic E-state index is -0.884. The van der Waals surface area contributed by atoms with Gasteiger partial charge in [-0.15, -0.1) is 0 Å². The largest absolute Gasteiger partial charge is 0.481 e. The number of carboxylic acids is 1. The van der Waals surface area contributed by atoms with Crippen molar-refractivity contribution in [2.45, 2.75) is 12.5 Å². The van der Waals surface area contributed by atoms with Gasteiger partial charge in [-0.05, 0) is 6.42 Å². The molecule has 2 aliphatic heterocycles. The van der Waals surface area contributed by atoms with Gasteiger partial charge in [0.1, 0.15) is 6.04 Å². The van der Waals surface area contributed by atoms with E-state index in [1.807, 2.05) is 0 Å². The standard InChI is InChI=1S/C10H15N3O4/c1-12-3-2-7(8(12)14)11-10(17)13-4-6(5-13)9(15)16/h6-7H,2-5H2,1H3,(H,11,17)(H,15,16). The number of nitrogens with one attached hydrogen (secondary N) is 1. The van der Waals surface area contributed by atoms with E-state index < -0.39 is 17.9 Å². The van der Waals surface area contributed by atoms with E-state index >= 15 is 0 Å². The molecule has 0 bridgehead atoms. The van der Waals surface area contributed by atoms with Crippen molar-refractivity contribution in [3.8, 4) is 0 Å². The molecule has 7 nitrogen and oxygen atoms in total. The van der Waals surface area contributed by atoms with Crippen LogP contribution in [0, 0.1) is 5.92 Å². The van der Waals surface area contributed by atoms with Crippen LogP contribution < -0.4 is 5.32 Å². The number of likely N-dealkylation sites (N-methyl/N-ethyl adjacent to an activating group) is 1. The second-order valence-corrected chi connectivity index (χ2v) is 4.49. The number of aliphatic carboxylic acids is 1. The van der Waals surface area contributed by atoms with Crippen LogP contribution in [0.25, 0.3) is 0 Å². The minimum Gasteiger partial charge on any atom is -0.481 e. The lowest BCUT2D eigenvalue weighted by atomic mass is 10.0. The molecule has 2 saturated heterocycles. The quantitative estimate of drug-likeness (QED) is 0.645. The fourth-order valence-corrected chi connectivity index (χ4v) is 2.00. The highest BCUT2D eigenvalue weighted by molar-refractivity contribution is 5.89. The Kier molecular flexibility index (Phi) is 2.91. The fourth-order valence-electron chi connectivity index (χ4n) is 2.00. The molecular formula is C10H15N3O4. The van der Waals surface area contributed by atoms with E-state index in [-0.39, 0.29) is 25.0 Å². The summed E-state index contributed by atoms with van der Waals surface area (Å²) in [6.07, 6.45) is 0.608. The van der Waals surface area contributed by atoms with Gasteiger partial charge in [0.2, 0.25) is 5.91 Å². The number of urea groups is 1. The van der Waals surface area contributed by atoms with Crippen LogP contribution in [0.3, 0.4) is 0 Å². The average Bonchev–Trinajstić information content (AvgIpc) is 2.46. The Morgan fingerprint density at radius 1 is 1.41 bits per heavy atom. The summed E-state index contributed by atoms with van der Waals surface area (Å²) < 4.78 is 0. The number of carboxylic acid groups (broad SMARTS) is 1. The third-order valence-corrected chi connectivity index (χ3v) is 3.24. The Morgan fingerprint density at radius 3 is 2.53 bits per heavy atom. The van der Waals surface area contributed by atoms with E-state index in [2.05, 4.69) is 5.32 Å². The maximum absolute atomic E-state index is 11.7. The molecule has 1 unspecified atom stereocenters. The lowest BCUT2D eigenvalue weighted by Crippen LogP contribution is -2.58. The fraction of sp³-hybridized carbons (Fsp3) is 0.700. The maximum atomic E-state index is 11.7. The van der Waals surface area contributed by atoms with Crippen molar-refractivity contribution < 1.29 is 19.5 Å². The van der Waals surface area contributed by atoms with Crippen LogP contribution in [0.15, 0.2) is 0 Å². The third kappa shape index (κ3) is 2.17. The first-order chi connectivity index (χ1) is 7.99. The molecule has 94 valence electrons. The third-order valence-electron chi connectivity index (χ3n) is 3.24. The van der Waals surface area contributed by atoms with Crippen LogP contribution in [0.2, 0.25) is 0 Å². The van der Waals surface area contributed by atoms with Crippen molar-refractivity contribution >= 4 is 17.9 Å². The summed E-state index contributed by atoms with van der Waals surface area (Å²) in [5, 5.41) is 11.3. The summed E-state index contributed by atoms with van der Waals surface area (Å²) in [6.45, 7) is 1.08. The summed E-state index contributed by atoms with van der Waals surface area (Å²) in [7, 11) is 1.69. The van der Waals surface area contributed by atoms with Crippen molar-refractivity contribution in [2.75, 3.05) is 26.7 Å². The van der Waals surface area contributed by atoms with Gasteiger partial charge in [-0.1, -0.05) is 0 Å². The second-order valence-electron chi connectivity index (χ2n) is 4.49. The molecule has 2 N–H and O–H groups in total. The molecule has 0 radical (unpaired) electrons. The molecule has 0 spiro atoms. The highest BCUT2D eigenvalue weighted by atomic mass is 16.4. The first-order valence-electron chi connectivity index (χ1n) is 5.52. The zero-order valence-electron chi connectivity index (χ0n) is 9.55. The molecule has 2 aliphatic rings. The van der Waals surface area contributed by atoms with Gasteiger partial charge in [0.15, 0.2) is 0 Å². The van der Waals surface area contributed by atoms with Gasteiger partial charge in [-0.2, -0.15) is 0 Å². The number of carbonyl (C=O) groups is 3. The van der Waals surface area contributed by atoms with Gasteiger partial charge in [0.25, 0.3) is 0 Å². The minimum absolute atomic E-state index is 0.0892. The Bertz CT molecular complexity index is 365. The predicted molar refractivity (Wildman–Crippen MR) is 57.3 cm³/mol. The Morgan fingerprint density at radius 2 is 2.06 bits per heavy atom. The van der Waals surface area contributed by atoms with E-state index in [1.54, 1.807) is 11.9 Å². The average molecular weight is 241 g/mol. The molecule has 0 aromatic heterocycles. The smallest absolute Gasteiger partial charge is 0.318 e. The van der Waals surface area contributed by atoms with Gasteiger partial charge < -0.3 is 20.2 Å². The topological polar surface area (TPSA) is 90.0 Å². The summed E-state index contributed by atoms with van der Waals surface area (Å²) >= 11 is 0. The molecule has 0 aliphatic carbocycles. The summed E-state index contributed by atoms with van der Waals surface area (Å²) in [6, 6.07) is -0.812. The molecule has 0 saturated carbocycles. The number of hydrogen-bond acceptors (Lipinski definition) is 3. The number of nitrogens with zero attached hydrogens (tertiary/aromatic N) is 2. The molecule has 3 amide bonds. The molecule has 2 fully saturated rings. The van der Waals surface area contributed by atoms with E-state index in [0.29, 0.717) is 13.0 Å². The normalized spacial score (nSPS) is 24.8. The van der Waals surface area contributed by atoms with E-state index in [1.165, 1.54) is 4.90 Å². The monoisotopic (exact) mass is 241 g/mol. The molecule has 17 heavy (non-hydrogen) atoms. The molecule has 1 atom stereocenters. The number of likely N-dealkylation sites (tertiary alicyclic amines) is 2.